The number of aromatic nitrogens is 3. The van der Waals surface area contributed by atoms with Crippen LogP contribution in [0.15, 0.2) is 42.7 Å². The largest absolute Gasteiger partial charge is 0.385 e. The minimum absolute atomic E-state index is 0.0987. The molecule has 1 unspecified atom stereocenters. The molecule has 1 aromatic carbocycles. The average Bonchev–Trinajstić information content (AvgIpc) is 3.66. The number of carbonyl (C=O) groups excluding carboxylic acids is 4. The number of fused-ring (bicyclic) bond motifs is 1. The third-order valence-electron chi connectivity index (χ3n) is 8.88. The van der Waals surface area contributed by atoms with Gasteiger partial charge in [0.2, 0.25) is 11.8 Å². The summed E-state index contributed by atoms with van der Waals surface area (Å²) in [7, 11) is 4.02. The molecule has 2 aliphatic heterocycles. The number of anilines is 2. The van der Waals surface area contributed by atoms with E-state index in [9.17, 15) is 19.2 Å². The Morgan fingerprint density at radius 2 is 1.76 bits per heavy atom. The number of benzene rings is 1. The highest BCUT2D eigenvalue weighted by atomic mass is 16.2. The molecule has 3 aromatic rings. The van der Waals surface area contributed by atoms with E-state index in [1.54, 1.807) is 18.2 Å². The van der Waals surface area contributed by atoms with E-state index in [-0.39, 0.29) is 29.9 Å². The van der Waals surface area contributed by atoms with Gasteiger partial charge in [0.15, 0.2) is 0 Å². The molecule has 2 aromatic heterocycles. The van der Waals surface area contributed by atoms with Gasteiger partial charge in [-0.3, -0.25) is 39.1 Å². The molecule has 0 radical (unpaired) electrons. The van der Waals surface area contributed by atoms with Crippen molar-refractivity contribution in [1.82, 2.24) is 25.0 Å². The molecular weight excluding hydrogens is 534 g/mol. The first kappa shape index (κ1) is 26.4. The van der Waals surface area contributed by atoms with Crippen molar-refractivity contribution in [3.8, 4) is 11.3 Å². The Balaban J connectivity index is 0.982. The Morgan fingerprint density at radius 1 is 0.976 bits per heavy atom. The van der Waals surface area contributed by atoms with Gasteiger partial charge < -0.3 is 10.2 Å². The van der Waals surface area contributed by atoms with E-state index < -0.39 is 23.8 Å². The van der Waals surface area contributed by atoms with Gasteiger partial charge in [0, 0.05) is 50.4 Å². The molecule has 1 atom stereocenters. The first-order chi connectivity index (χ1) is 20.3. The number of hydrogen-bond acceptors (Lipinski definition) is 8. The van der Waals surface area contributed by atoms with Gasteiger partial charge in [-0.25, -0.2) is 0 Å². The molecule has 2 saturated carbocycles. The van der Waals surface area contributed by atoms with E-state index in [2.05, 4.69) is 33.6 Å². The third-order valence-corrected chi connectivity index (χ3v) is 8.88. The second-order valence-corrected chi connectivity index (χ2v) is 12.1. The number of nitrogens with one attached hydrogen (secondary N) is 2. The number of hydrogen-bond donors (Lipinski definition) is 2. The van der Waals surface area contributed by atoms with Gasteiger partial charge >= 0.3 is 0 Å². The summed E-state index contributed by atoms with van der Waals surface area (Å²) >= 11 is 0. The number of imide groups is 2. The molecule has 11 nitrogen and oxygen atoms in total. The molecular formula is C31H33N7O4. The highest BCUT2D eigenvalue weighted by Crippen LogP contribution is 2.45. The monoisotopic (exact) mass is 567 g/mol. The van der Waals surface area contributed by atoms with Crippen molar-refractivity contribution in [2.75, 3.05) is 30.9 Å². The molecule has 2 aliphatic carbocycles. The number of carbonyl (C=O) groups is 4. The van der Waals surface area contributed by atoms with Crippen LogP contribution in [-0.2, 0) is 9.59 Å². The second kappa shape index (κ2) is 10.1. The molecule has 42 heavy (non-hydrogen) atoms. The van der Waals surface area contributed by atoms with Crippen molar-refractivity contribution >= 4 is 35.0 Å². The third kappa shape index (κ3) is 4.62. The lowest BCUT2D eigenvalue weighted by Gasteiger charge is -2.35. The van der Waals surface area contributed by atoms with E-state index >= 15 is 0 Å². The van der Waals surface area contributed by atoms with Crippen LogP contribution in [0.1, 0.15) is 76.9 Å². The van der Waals surface area contributed by atoms with Crippen LogP contribution in [0, 0.1) is 5.92 Å². The van der Waals surface area contributed by atoms with Crippen LogP contribution >= 0.6 is 0 Å². The van der Waals surface area contributed by atoms with Gasteiger partial charge in [0.1, 0.15) is 6.04 Å². The van der Waals surface area contributed by atoms with E-state index in [1.165, 1.54) is 12.8 Å². The zero-order valence-electron chi connectivity index (χ0n) is 23.7. The zero-order valence-corrected chi connectivity index (χ0v) is 23.7. The molecule has 3 fully saturated rings. The summed E-state index contributed by atoms with van der Waals surface area (Å²) in [5.41, 5.74) is 5.65. The standard InChI is InChI=1S/C31H33N7O4/c1-36(2)20-6-8-25(33-15-20)24-16-37(35-28(24)18-3-4-18)21-11-17(12-21)14-32-19-5-7-22-23(13-19)31(42)38(30(22)41)26-9-10-27(39)34-29(26)40/h5-8,13,15-18,21,26,32H,3-4,9-12,14H2,1-2H3,(H,34,39,40)/t17-,21-,26?. The van der Waals surface area contributed by atoms with E-state index in [0.717, 1.165) is 52.6 Å². The van der Waals surface area contributed by atoms with Crippen molar-refractivity contribution in [2.24, 2.45) is 5.92 Å². The molecule has 4 aliphatic rings. The van der Waals surface area contributed by atoms with Crippen LogP contribution in [-0.4, -0.2) is 70.0 Å². The smallest absolute Gasteiger partial charge is 0.262 e. The van der Waals surface area contributed by atoms with Crippen molar-refractivity contribution in [1.29, 1.82) is 0 Å². The lowest BCUT2D eigenvalue weighted by Crippen LogP contribution is -2.54. The first-order valence-electron chi connectivity index (χ1n) is 14.6. The molecule has 4 heterocycles. The van der Waals surface area contributed by atoms with Gasteiger partial charge in [-0.1, -0.05) is 0 Å². The molecule has 4 amide bonds. The number of pyridine rings is 1. The van der Waals surface area contributed by atoms with Crippen molar-refractivity contribution in [3.05, 3.63) is 59.5 Å². The highest BCUT2D eigenvalue weighted by molar-refractivity contribution is 6.23. The topological polar surface area (TPSA) is 130 Å². The fourth-order valence-electron chi connectivity index (χ4n) is 6.18. The fraction of sp³-hybridized carbons (Fsp3) is 0.419. The maximum Gasteiger partial charge on any atom is 0.262 e. The normalized spacial score (nSPS) is 23.5. The maximum atomic E-state index is 13.1. The van der Waals surface area contributed by atoms with Crippen LogP contribution in [0.25, 0.3) is 11.3 Å². The van der Waals surface area contributed by atoms with E-state index in [1.807, 2.05) is 25.2 Å². The number of rotatable bonds is 8. The fourth-order valence-corrected chi connectivity index (χ4v) is 6.18. The van der Waals surface area contributed by atoms with Crippen LogP contribution < -0.4 is 15.5 Å². The van der Waals surface area contributed by atoms with Crippen LogP contribution in [0.3, 0.4) is 0 Å². The molecule has 0 spiro atoms. The van der Waals surface area contributed by atoms with Gasteiger partial charge in [0.25, 0.3) is 11.8 Å². The predicted octanol–water partition coefficient (Wildman–Crippen LogP) is 3.35. The number of nitrogens with zero attached hydrogens (tertiary/aromatic N) is 5. The van der Waals surface area contributed by atoms with Crippen LogP contribution in [0.4, 0.5) is 11.4 Å². The summed E-state index contributed by atoms with van der Waals surface area (Å²) in [6.45, 7) is 0.742. The van der Waals surface area contributed by atoms with Crippen molar-refractivity contribution in [2.45, 2.75) is 56.5 Å². The van der Waals surface area contributed by atoms with Crippen molar-refractivity contribution in [3.63, 3.8) is 0 Å². The number of amides is 4. The minimum Gasteiger partial charge on any atom is -0.385 e. The summed E-state index contributed by atoms with van der Waals surface area (Å²) in [6, 6.07) is 8.67. The molecule has 1 saturated heterocycles. The molecule has 11 heteroatoms. The molecule has 7 rings (SSSR count). The summed E-state index contributed by atoms with van der Waals surface area (Å²) in [6.07, 6.45) is 8.66. The summed E-state index contributed by atoms with van der Waals surface area (Å²) in [4.78, 5) is 57.6. The summed E-state index contributed by atoms with van der Waals surface area (Å²) < 4.78 is 2.13. The Bertz CT molecular complexity index is 1600. The Kier molecular flexibility index (Phi) is 6.32. The Morgan fingerprint density at radius 3 is 2.45 bits per heavy atom. The number of piperidine rings is 1. The van der Waals surface area contributed by atoms with Crippen molar-refractivity contribution < 1.29 is 19.2 Å². The summed E-state index contributed by atoms with van der Waals surface area (Å²) in [5.74, 6) is -1.01. The predicted molar refractivity (Wildman–Crippen MR) is 155 cm³/mol. The molecule has 2 N–H and O–H groups in total. The van der Waals surface area contributed by atoms with Gasteiger partial charge in [-0.15, -0.1) is 0 Å². The summed E-state index contributed by atoms with van der Waals surface area (Å²) in [5, 5.41) is 10.7. The lowest BCUT2D eigenvalue weighted by molar-refractivity contribution is -0.136. The Labute approximate surface area is 243 Å². The maximum absolute atomic E-state index is 13.1. The lowest BCUT2D eigenvalue weighted by atomic mass is 9.80. The van der Waals surface area contributed by atoms with Gasteiger partial charge in [0.05, 0.1) is 40.4 Å². The zero-order chi connectivity index (χ0) is 29.1. The molecule has 0 bridgehead atoms. The average molecular weight is 568 g/mol. The minimum atomic E-state index is -0.963. The first-order valence-corrected chi connectivity index (χ1v) is 14.6. The highest BCUT2D eigenvalue weighted by Gasteiger charge is 2.44. The van der Waals surface area contributed by atoms with Crippen LogP contribution in [0.5, 0.6) is 0 Å². The second-order valence-electron chi connectivity index (χ2n) is 12.1. The molecule has 216 valence electrons. The van der Waals surface area contributed by atoms with Gasteiger partial charge in [-0.2, -0.15) is 5.10 Å². The quantitative estimate of drug-likeness (QED) is 0.397. The van der Waals surface area contributed by atoms with Gasteiger partial charge in [-0.05, 0) is 68.4 Å². The Hall–Kier alpha value is -4.54. The van der Waals surface area contributed by atoms with E-state index in [4.69, 9.17) is 10.1 Å². The SMILES string of the molecule is CN(C)c1ccc(-c2cn([C@H]3C[C@H](CNc4ccc5c(c4)C(=O)N(C4CCC(=O)NC4=O)C5=O)C3)nc2C2CC2)nc1. The van der Waals surface area contributed by atoms with E-state index in [0.29, 0.717) is 17.9 Å². The van der Waals surface area contributed by atoms with Crippen LogP contribution in [0.2, 0.25) is 0 Å².